The number of nitrogens with zero attached hydrogens (tertiary/aromatic N) is 3. The lowest BCUT2D eigenvalue weighted by molar-refractivity contribution is -0.145. The van der Waals surface area contributed by atoms with Crippen LogP contribution in [-0.4, -0.2) is 37.5 Å². The van der Waals surface area contributed by atoms with Gasteiger partial charge in [-0.25, -0.2) is 4.79 Å². The van der Waals surface area contributed by atoms with Gasteiger partial charge in [-0.05, 0) is 25.0 Å². The van der Waals surface area contributed by atoms with Gasteiger partial charge in [-0.2, -0.15) is 9.90 Å². The molecule has 0 radical (unpaired) electrons. The molecular weight excluding hydrogens is 308 g/mol. The zero-order valence-corrected chi connectivity index (χ0v) is 13.3. The van der Waals surface area contributed by atoms with Crippen LogP contribution < -0.4 is 5.32 Å². The Hall–Kier alpha value is -2.70. The molecule has 0 saturated heterocycles. The maximum Gasteiger partial charge on any atom is 0.329 e. The lowest BCUT2D eigenvalue weighted by atomic mass is 9.90. The van der Waals surface area contributed by atoms with E-state index in [1.54, 1.807) is 0 Å². The Bertz CT molecular complexity index is 718. The van der Waals surface area contributed by atoms with E-state index in [0.717, 1.165) is 31.4 Å². The summed E-state index contributed by atoms with van der Waals surface area (Å²) in [5, 5.41) is 20.6. The van der Waals surface area contributed by atoms with Gasteiger partial charge in [-0.1, -0.05) is 43.9 Å². The summed E-state index contributed by atoms with van der Waals surface area (Å²) in [6, 6.07) is 9.23. The molecule has 1 amide bonds. The number of hydrogen-bond donors (Lipinski definition) is 2. The van der Waals surface area contributed by atoms with Crippen LogP contribution in [0, 0.1) is 0 Å². The Morgan fingerprint density at radius 3 is 2.38 bits per heavy atom. The van der Waals surface area contributed by atoms with E-state index in [1.165, 1.54) is 11.0 Å². The predicted molar refractivity (Wildman–Crippen MR) is 86.9 cm³/mol. The standard InChI is InChI=1S/C17H20N4O3/c22-15(19-17(16(23)24)10-6-1-2-7-11-17)14-12-18-21(20-14)13-8-4-3-5-9-13/h3-5,8-9,12H,1-2,6-7,10-11H2,(H,19,22)(H,23,24). The molecule has 7 heteroatoms. The van der Waals surface area contributed by atoms with Crippen LogP contribution in [0.4, 0.5) is 0 Å². The minimum absolute atomic E-state index is 0.115. The van der Waals surface area contributed by atoms with Crippen molar-refractivity contribution >= 4 is 11.9 Å². The van der Waals surface area contributed by atoms with E-state index in [1.807, 2.05) is 30.3 Å². The van der Waals surface area contributed by atoms with E-state index >= 15 is 0 Å². The highest BCUT2D eigenvalue weighted by atomic mass is 16.4. The Morgan fingerprint density at radius 1 is 1.08 bits per heavy atom. The molecule has 2 aromatic rings. The highest BCUT2D eigenvalue weighted by Crippen LogP contribution is 2.27. The summed E-state index contributed by atoms with van der Waals surface area (Å²) < 4.78 is 0. The molecule has 1 saturated carbocycles. The van der Waals surface area contributed by atoms with Gasteiger partial charge in [0, 0.05) is 0 Å². The van der Waals surface area contributed by atoms with Gasteiger partial charge in [0.1, 0.15) is 5.54 Å². The summed E-state index contributed by atoms with van der Waals surface area (Å²) in [5.41, 5.74) is -0.355. The molecule has 1 aliphatic rings. The van der Waals surface area contributed by atoms with Crippen molar-refractivity contribution < 1.29 is 14.7 Å². The fourth-order valence-corrected chi connectivity index (χ4v) is 3.06. The van der Waals surface area contributed by atoms with Crippen molar-refractivity contribution in [3.05, 3.63) is 42.2 Å². The highest BCUT2D eigenvalue weighted by molar-refractivity contribution is 5.96. The molecule has 0 atom stereocenters. The summed E-state index contributed by atoms with van der Waals surface area (Å²) in [6.07, 6.45) is 5.83. The number of carbonyl (C=O) groups excluding carboxylic acids is 1. The first-order valence-electron chi connectivity index (χ1n) is 8.14. The summed E-state index contributed by atoms with van der Waals surface area (Å²) in [4.78, 5) is 25.6. The van der Waals surface area contributed by atoms with Gasteiger partial charge >= 0.3 is 5.97 Å². The van der Waals surface area contributed by atoms with Crippen LogP contribution >= 0.6 is 0 Å². The van der Waals surface area contributed by atoms with E-state index in [9.17, 15) is 14.7 Å². The Morgan fingerprint density at radius 2 is 1.75 bits per heavy atom. The topological polar surface area (TPSA) is 97.1 Å². The molecule has 2 N–H and O–H groups in total. The summed E-state index contributed by atoms with van der Waals surface area (Å²) in [5.74, 6) is -1.48. The van der Waals surface area contributed by atoms with Gasteiger partial charge in [0.15, 0.2) is 5.69 Å². The van der Waals surface area contributed by atoms with Gasteiger partial charge in [0.05, 0.1) is 11.9 Å². The number of rotatable bonds is 4. The second-order valence-corrected chi connectivity index (χ2v) is 6.11. The predicted octanol–water partition coefficient (Wildman–Crippen LogP) is 2.17. The fourth-order valence-electron chi connectivity index (χ4n) is 3.06. The van der Waals surface area contributed by atoms with E-state index in [0.29, 0.717) is 12.8 Å². The second-order valence-electron chi connectivity index (χ2n) is 6.11. The van der Waals surface area contributed by atoms with Crippen molar-refractivity contribution in [2.24, 2.45) is 0 Å². The number of nitrogens with one attached hydrogen (secondary N) is 1. The molecular formula is C17H20N4O3. The summed E-state index contributed by atoms with van der Waals surface area (Å²) >= 11 is 0. The van der Waals surface area contributed by atoms with Crippen LogP contribution in [0.2, 0.25) is 0 Å². The fraction of sp³-hybridized carbons (Fsp3) is 0.412. The van der Waals surface area contributed by atoms with E-state index in [4.69, 9.17) is 0 Å². The number of carboxylic acid groups (broad SMARTS) is 1. The number of carboxylic acids is 1. The van der Waals surface area contributed by atoms with Crippen LogP contribution in [0.1, 0.15) is 49.0 Å². The lowest BCUT2D eigenvalue weighted by Crippen LogP contribution is -2.54. The second kappa shape index (κ2) is 6.82. The number of aliphatic carboxylic acids is 1. The minimum Gasteiger partial charge on any atom is -0.480 e. The molecule has 7 nitrogen and oxygen atoms in total. The van der Waals surface area contributed by atoms with Crippen molar-refractivity contribution in [2.45, 2.75) is 44.1 Å². The van der Waals surface area contributed by atoms with Crippen molar-refractivity contribution in [3.63, 3.8) is 0 Å². The van der Waals surface area contributed by atoms with E-state index in [-0.39, 0.29) is 5.69 Å². The van der Waals surface area contributed by atoms with Gasteiger partial charge < -0.3 is 10.4 Å². The number of para-hydroxylation sites is 1. The maximum absolute atomic E-state index is 12.5. The number of carbonyl (C=O) groups is 2. The minimum atomic E-state index is -1.20. The van der Waals surface area contributed by atoms with Gasteiger partial charge in [-0.3, -0.25) is 4.79 Å². The Kier molecular flexibility index (Phi) is 4.59. The average molecular weight is 328 g/mol. The first-order chi connectivity index (χ1) is 11.6. The molecule has 0 bridgehead atoms. The average Bonchev–Trinajstić information content (AvgIpc) is 2.97. The third-order valence-corrected chi connectivity index (χ3v) is 4.43. The van der Waals surface area contributed by atoms with Crippen LogP contribution in [0.25, 0.3) is 5.69 Å². The molecule has 1 heterocycles. The van der Waals surface area contributed by atoms with Crippen LogP contribution in [0.3, 0.4) is 0 Å². The first-order valence-corrected chi connectivity index (χ1v) is 8.14. The van der Waals surface area contributed by atoms with Crippen LogP contribution in [0.5, 0.6) is 0 Å². The molecule has 0 spiro atoms. The Labute approximate surface area is 139 Å². The number of amides is 1. The zero-order valence-electron chi connectivity index (χ0n) is 13.3. The summed E-state index contributed by atoms with van der Waals surface area (Å²) in [7, 11) is 0. The van der Waals surface area contributed by atoms with Crippen molar-refractivity contribution in [1.82, 2.24) is 20.3 Å². The molecule has 0 aliphatic heterocycles. The van der Waals surface area contributed by atoms with Crippen molar-refractivity contribution in [1.29, 1.82) is 0 Å². The van der Waals surface area contributed by atoms with E-state index < -0.39 is 17.4 Å². The number of benzene rings is 1. The molecule has 3 rings (SSSR count). The molecule has 1 aromatic carbocycles. The number of hydrogen-bond acceptors (Lipinski definition) is 4. The molecule has 24 heavy (non-hydrogen) atoms. The highest BCUT2D eigenvalue weighted by Gasteiger charge is 2.40. The summed E-state index contributed by atoms with van der Waals surface area (Å²) in [6.45, 7) is 0. The molecule has 1 aliphatic carbocycles. The van der Waals surface area contributed by atoms with Crippen LogP contribution in [-0.2, 0) is 4.79 Å². The molecule has 126 valence electrons. The number of aromatic nitrogens is 3. The zero-order chi connectivity index (χ0) is 17.0. The van der Waals surface area contributed by atoms with Gasteiger partial charge in [0.25, 0.3) is 5.91 Å². The first kappa shape index (κ1) is 16.2. The normalized spacial score (nSPS) is 17.0. The van der Waals surface area contributed by atoms with Gasteiger partial charge in [-0.15, -0.1) is 5.10 Å². The molecule has 1 aromatic heterocycles. The Balaban J connectivity index is 1.79. The largest absolute Gasteiger partial charge is 0.480 e. The quantitative estimate of drug-likeness (QED) is 0.838. The smallest absolute Gasteiger partial charge is 0.329 e. The lowest BCUT2D eigenvalue weighted by Gasteiger charge is -2.28. The van der Waals surface area contributed by atoms with Gasteiger partial charge in [0.2, 0.25) is 0 Å². The molecule has 0 unspecified atom stereocenters. The van der Waals surface area contributed by atoms with Crippen molar-refractivity contribution in [3.8, 4) is 5.69 Å². The monoisotopic (exact) mass is 328 g/mol. The van der Waals surface area contributed by atoms with Crippen molar-refractivity contribution in [2.75, 3.05) is 0 Å². The third-order valence-electron chi connectivity index (χ3n) is 4.43. The molecule has 1 fully saturated rings. The SMILES string of the molecule is O=C(NC1(C(=O)O)CCCCCC1)c1cnn(-c2ccccc2)n1. The maximum atomic E-state index is 12.5. The third kappa shape index (κ3) is 3.29. The van der Waals surface area contributed by atoms with Crippen LogP contribution in [0.15, 0.2) is 36.5 Å². The van der Waals surface area contributed by atoms with E-state index in [2.05, 4.69) is 15.5 Å².